The van der Waals surface area contributed by atoms with E-state index in [1.807, 2.05) is 32.9 Å². The third-order valence-corrected chi connectivity index (χ3v) is 3.03. The molecule has 0 saturated carbocycles. The zero-order chi connectivity index (χ0) is 13.2. The molecule has 98 valence electrons. The van der Waals surface area contributed by atoms with E-state index in [1.54, 1.807) is 0 Å². The average Bonchev–Trinajstić information content (AvgIpc) is 2.48. The lowest BCUT2D eigenvalue weighted by Gasteiger charge is -2.23. The third kappa shape index (κ3) is 3.25. The Hall–Kier alpha value is -1.51. The first-order chi connectivity index (χ1) is 8.46. The number of esters is 1. The molecular weight excluding hydrogens is 226 g/mol. The second-order valence-corrected chi connectivity index (χ2v) is 5.81. The average molecular weight is 247 g/mol. The van der Waals surface area contributed by atoms with Crippen LogP contribution in [0.2, 0.25) is 0 Å². The van der Waals surface area contributed by atoms with Gasteiger partial charge in [-0.3, -0.25) is 4.79 Å². The number of ether oxygens (including phenoxy) is 1. The van der Waals surface area contributed by atoms with Crippen LogP contribution >= 0.6 is 0 Å². The lowest BCUT2D eigenvalue weighted by molar-refractivity contribution is -0.160. The summed E-state index contributed by atoms with van der Waals surface area (Å²) in [4.78, 5) is 12.1. The maximum absolute atomic E-state index is 12.1. The van der Waals surface area contributed by atoms with Gasteiger partial charge < -0.3 is 10.1 Å². The molecule has 1 N–H and O–H groups in total. The Morgan fingerprint density at radius 1 is 1.33 bits per heavy atom. The van der Waals surface area contributed by atoms with Gasteiger partial charge in [0.2, 0.25) is 0 Å². The summed E-state index contributed by atoms with van der Waals surface area (Å²) in [5.41, 5.74) is 1.94. The van der Waals surface area contributed by atoms with Gasteiger partial charge in [-0.05, 0) is 45.2 Å². The van der Waals surface area contributed by atoms with Crippen LogP contribution in [-0.2, 0) is 16.0 Å². The van der Waals surface area contributed by atoms with Gasteiger partial charge in [-0.25, -0.2) is 0 Å². The molecule has 1 aromatic rings. The predicted molar refractivity (Wildman–Crippen MR) is 72.6 cm³/mol. The van der Waals surface area contributed by atoms with Crippen LogP contribution in [0, 0.1) is 5.92 Å². The molecule has 18 heavy (non-hydrogen) atoms. The van der Waals surface area contributed by atoms with E-state index >= 15 is 0 Å². The van der Waals surface area contributed by atoms with Gasteiger partial charge in [0.05, 0.1) is 5.92 Å². The molecule has 0 bridgehead atoms. The van der Waals surface area contributed by atoms with Crippen molar-refractivity contribution in [3.05, 3.63) is 29.8 Å². The van der Waals surface area contributed by atoms with Crippen molar-refractivity contribution < 1.29 is 9.53 Å². The number of rotatable bonds is 1. The largest absolute Gasteiger partial charge is 0.460 e. The number of hydrogen-bond donors (Lipinski definition) is 1. The van der Waals surface area contributed by atoms with Crippen LogP contribution in [0.15, 0.2) is 24.3 Å². The molecule has 1 aliphatic rings. The summed E-state index contributed by atoms with van der Waals surface area (Å²) >= 11 is 0. The molecule has 1 aliphatic heterocycles. The van der Waals surface area contributed by atoms with Gasteiger partial charge in [-0.2, -0.15) is 0 Å². The number of nitrogens with one attached hydrogen (secondary N) is 1. The number of fused-ring (bicyclic) bond motifs is 1. The van der Waals surface area contributed by atoms with Crippen LogP contribution in [0.5, 0.6) is 0 Å². The summed E-state index contributed by atoms with van der Waals surface area (Å²) in [5.74, 6) is -0.124. The van der Waals surface area contributed by atoms with E-state index in [4.69, 9.17) is 4.74 Å². The molecule has 1 atom stereocenters. The first-order valence-electron chi connectivity index (χ1n) is 6.50. The molecule has 3 nitrogen and oxygen atoms in total. The van der Waals surface area contributed by atoms with Crippen molar-refractivity contribution in [2.45, 2.75) is 39.2 Å². The highest BCUT2D eigenvalue weighted by molar-refractivity contribution is 5.74. The SMILES string of the molecule is CC(C)(C)OC(=O)C1CCNc2ccccc2C1. The maximum Gasteiger partial charge on any atom is 0.309 e. The summed E-state index contributed by atoms with van der Waals surface area (Å²) in [6.07, 6.45) is 1.58. The first-order valence-corrected chi connectivity index (χ1v) is 6.50. The highest BCUT2D eigenvalue weighted by Crippen LogP contribution is 2.26. The minimum atomic E-state index is -0.406. The van der Waals surface area contributed by atoms with Crippen LogP contribution in [0.25, 0.3) is 0 Å². The van der Waals surface area contributed by atoms with Crippen molar-refractivity contribution in [1.82, 2.24) is 0 Å². The number of para-hydroxylation sites is 1. The predicted octanol–water partition coefficient (Wildman–Crippen LogP) is 3.00. The summed E-state index contributed by atoms with van der Waals surface area (Å²) in [6, 6.07) is 8.16. The molecule has 0 radical (unpaired) electrons. The summed E-state index contributed by atoms with van der Waals surface area (Å²) in [5, 5.41) is 3.37. The van der Waals surface area contributed by atoms with Crippen LogP contribution in [0.4, 0.5) is 5.69 Å². The lowest BCUT2D eigenvalue weighted by atomic mass is 9.97. The van der Waals surface area contributed by atoms with E-state index in [1.165, 1.54) is 5.56 Å². The van der Waals surface area contributed by atoms with Crippen LogP contribution < -0.4 is 5.32 Å². The fourth-order valence-electron chi connectivity index (χ4n) is 2.21. The topological polar surface area (TPSA) is 38.3 Å². The monoisotopic (exact) mass is 247 g/mol. The Morgan fingerprint density at radius 2 is 2.06 bits per heavy atom. The van der Waals surface area contributed by atoms with Crippen molar-refractivity contribution in [1.29, 1.82) is 0 Å². The van der Waals surface area contributed by atoms with Crippen LogP contribution in [-0.4, -0.2) is 18.1 Å². The summed E-state index contributed by atoms with van der Waals surface area (Å²) in [7, 11) is 0. The van der Waals surface area contributed by atoms with E-state index in [2.05, 4.69) is 17.4 Å². The quantitative estimate of drug-likeness (QED) is 0.775. The Morgan fingerprint density at radius 3 is 2.78 bits per heavy atom. The smallest absolute Gasteiger partial charge is 0.309 e. The van der Waals surface area contributed by atoms with E-state index < -0.39 is 5.60 Å². The number of hydrogen-bond acceptors (Lipinski definition) is 3. The molecule has 0 spiro atoms. The molecule has 1 unspecified atom stereocenters. The van der Waals surface area contributed by atoms with Gasteiger partial charge >= 0.3 is 5.97 Å². The Kier molecular flexibility index (Phi) is 3.60. The van der Waals surface area contributed by atoms with Gasteiger partial charge in [0.25, 0.3) is 0 Å². The second kappa shape index (κ2) is 5.01. The molecule has 0 aliphatic carbocycles. The zero-order valence-electron chi connectivity index (χ0n) is 11.3. The van der Waals surface area contributed by atoms with Gasteiger partial charge in [-0.15, -0.1) is 0 Å². The molecule has 1 aromatic carbocycles. The maximum atomic E-state index is 12.1. The van der Waals surface area contributed by atoms with Gasteiger partial charge in [0.1, 0.15) is 5.60 Å². The van der Waals surface area contributed by atoms with Gasteiger partial charge in [0.15, 0.2) is 0 Å². The van der Waals surface area contributed by atoms with Crippen molar-refractivity contribution in [3.63, 3.8) is 0 Å². The Labute approximate surface area is 109 Å². The third-order valence-electron chi connectivity index (χ3n) is 3.03. The molecular formula is C15H21NO2. The minimum Gasteiger partial charge on any atom is -0.460 e. The highest BCUT2D eigenvalue weighted by atomic mass is 16.6. The fraction of sp³-hybridized carbons (Fsp3) is 0.533. The minimum absolute atomic E-state index is 0.0413. The van der Waals surface area contributed by atoms with Crippen LogP contribution in [0.3, 0.4) is 0 Å². The summed E-state index contributed by atoms with van der Waals surface area (Å²) in [6.45, 7) is 6.55. The lowest BCUT2D eigenvalue weighted by Crippen LogP contribution is -2.30. The van der Waals surface area contributed by atoms with Crippen molar-refractivity contribution in [2.24, 2.45) is 5.92 Å². The van der Waals surface area contributed by atoms with Gasteiger partial charge in [0, 0.05) is 12.2 Å². The van der Waals surface area contributed by atoms with Crippen molar-refractivity contribution in [2.75, 3.05) is 11.9 Å². The molecule has 0 aromatic heterocycles. The number of benzene rings is 1. The van der Waals surface area contributed by atoms with E-state index in [9.17, 15) is 4.79 Å². The van der Waals surface area contributed by atoms with Crippen molar-refractivity contribution in [3.8, 4) is 0 Å². The molecule has 0 fully saturated rings. The molecule has 3 heteroatoms. The first kappa shape index (κ1) is 12.9. The number of carbonyl (C=O) groups excluding carboxylic acids is 1. The fourth-order valence-corrected chi connectivity index (χ4v) is 2.21. The molecule has 0 saturated heterocycles. The zero-order valence-corrected chi connectivity index (χ0v) is 11.3. The molecule has 0 amide bonds. The number of anilines is 1. The second-order valence-electron chi connectivity index (χ2n) is 5.81. The Balaban J connectivity index is 2.10. The van der Waals surface area contributed by atoms with Gasteiger partial charge in [-0.1, -0.05) is 18.2 Å². The molecule has 2 rings (SSSR count). The normalized spacial score (nSPS) is 19.4. The Bertz CT molecular complexity index is 434. The highest BCUT2D eigenvalue weighted by Gasteiger charge is 2.27. The van der Waals surface area contributed by atoms with E-state index in [-0.39, 0.29) is 11.9 Å². The number of carbonyl (C=O) groups is 1. The standard InChI is InChI=1S/C15H21NO2/c1-15(2,3)18-14(17)12-8-9-16-13-7-5-4-6-11(13)10-12/h4-7,12,16H,8-10H2,1-3H3. The van der Waals surface area contributed by atoms with Crippen LogP contribution in [0.1, 0.15) is 32.8 Å². The van der Waals surface area contributed by atoms with E-state index in [0.717, 1.165) is 25.1 Å². The van der Waals surface area contributed by atoms with E-state index in [0.29, 0.717) is 0 Å². The summed E-state index contributed by atoms with van der Waals surface area (Å²) < 4.78 is 5.48. The van der Waals surface area contributed by atoms with Crippen molar-refractivity contribution >= 4 is 11.7 Å². The molecule has 1 heterocycles.